The van der Waals surface area contributed by atoms with Crippen LogP contribution in [-0.2, 0) is 13.1 Å². The second-order valence-corrected chi connectivity index (χ2v) is 8.10. The summed E-state index contributed by atoms with van der Waals surface area (Å²) >= 11 is 1.97. The Balaban J connectivity index is 1.80. The minimum Gasteiger partial charge on any atom is -0.310 e. The third-order valence-electron chi connectivity index (χ3n) is 4.70. The monoisotopic (exact) mass is 294 g/mol. The predicted molar refractivity (Wildman–Crippen MR) is 89.2 cm³/mol. The Labute approximate surface area is 128 Å². The van der Waals surface area contributed by atoms with E-state index in [-0.39, 0.29) is 0 Å². The van der Waals surface area contributed by atoms with Crippen molar-refractivity contribution in [3.63, 3.8) is 0 Å². The van der Waals surface area contributed by atoms with Crippen LogP contribution in [0, 0.1) is 5.41 Å². The molecule has 0 aliphatic carbocycles. The molecule has 0 spiro atoms. The average molecular weight is 295 g/mol. The van der Waals surface area contributed by atoms with Crippen molar-refractivity contribution in [2.45, 2.75) is 66.1 Å². The first-order chi connectivity index (χ1) is 9.50. The third-order valence-corrected chi connectivity index (χ3v) is 5.77. The quantitative estimate of drug-likeness (QED) is 0.843. The smallest absolute Gasteiger partial charge is 0.0328 e. The Bertz CT molecular complexity index is 403. The Morgan fingerprint density at radius 2 is 1.90 bits per heavy atom. The van der Waals surface area contributed by atoms with E-state index in [9.17, 15) is 0 Å². The fourth-order valence-electron chi connectivity index (χ4n) is 2.73. The normalized spacial score (nSPS) is 19.6. The first-order valence-electron chi connectivity index (χ1n) is 8.04. The van der Waals surface area contributed by atoms with Crippen molar-refractivity contribution in [1.29, 1.82) is 0 Å². The van der Waals surface area contributed by atoms with Gasteiger partial charge in [-0.2, -0.15) is 0 Å². The van der Waals surface area contributed by atoms with E-state index in [2.05, 4.69) is 50.0 Å². The average Bonchev–Trinajstić information content (AvgIpc) is 2.87. The van der Waals surface area contributed by atoms with Gasteiger partial charge in [0.25, 0.3) is 0 Å². The molecule has 0 aromatic carbocycles. The lowest BCUT2D eigenvalue weighted by Gasteiger charge is -2.38. The summed E-state index contributed by atoms with van der Waals surface area (Å²) in [4.78, 5) is 5.61. The van der Waals surface area contributed by atoms with Gasteiger partial charge in [-0.25, -0.2) is 0 Å². The van der Waals surface area contributed by atoms with Crippen LogP contribution in [0.3, 0.4) is 0 Å². The Morgan fingerprint density at radius 3 is 2.50 bits per heavy atom. The minimum absolute atomic E-state index is 0.564. The zero-order valence-electron chi connectivity index (χ0n) is 13.5. The van der Waals surface area contributed by atoms with Gasteiger partial charge in [0, 0.05) is 28.9 Å². The molecule has 0 atom stereocenters. The molecule has 1 aliphatic rings. The molecular weight excluding hydrogens is 264 g/mol. The van der Waals surface area contributed by atoms with E-state index >= 15 is 0 Å². The number of likely N-dealkylation sites (tertiary alicyclic amines) is 1. The third kappa shape index (κ3) is 4.57. The first-order valence-corrected chi connectivity index (χ1v) is 8.86. The summed E-state index contributed by atoms with van der Waals surface area (Å²) in [6.07, 6.45) is 4.04. The molecule has 1 N–H and O–H groups in total. The van der Waals surface area contributed by atoms with Crippen LogP contribution in [0.5, 0.6) is 0 Å². The molecule has 0 bridgehead atoms. The molecule has 2 rings (SSSR count). The molecule has 1 aromatic rings. The maximum Gasteiger partial charge on any atom is 0.0328 e. The highest BCUT2D eigenvalue weighted by atomic mass is 32.1. The lowest BCUT2D eigenvalue weighted by Crippen LogP contribution is -2.37. The van der Waals surface area contributed by atoms with Crippen LogP contribution < -0.4 is 5.32 Å². The van der Waals surface area contributed by atoms with Crippen molar-refractivity contribution in [1.82, 2.24) is 10.2 Å². The zero-order chi connectivity index (χ0) is 14.6. The molecule has 2 nitrogen and oxygen atoms in total. The van der Waals surface area contributed by atoms with Gasteiger partial charge in [0.1, 0.15) is 0 Å². The van der Waals surface area contributed by atoms with E-state index in [0.29, 0.717) is 11.5 Å². The molecule has 1 aromatic heterocycles. The number of thiophene rings is 1. The van der Waals surface area contributed by atoms with Crippen molar-refractivity contribution in [2.24, 2.45) is 5.41 Å². The van der Waals surface area contributed by atoms with E-state index < -0.39 is 0 Å². The van der Waals surface area contributed by atoms with Gasteiger partial charge >= 0.3 is 0 Å². The number of hydrogen-bond donors (Lipinski definition) is 1. The van der Waals surface area contributed by atoms with Gasteiger partial charge in [-0.1, -0.05) is 34.1 Å². The molecule has 1 aliphatic heterocycles. The van der Waals surface area contributed by atoms with Gasteiger partial charge in [-0.05, 0) is 43.5 Å². The van der Waals surface area contributed by atoms with Gasteiger partial charge < -0.3 is 5.32 Å². The van der Waals surface area contributed by atoms with Crippen LogP contribution in [0.4, 0.5) is 0 Å². The number of rotatable bonds is 6. The molecule has 2 heterocycles. The van der Waals surface area contributed by atoms with Gasteiger partial charge in [-0.3, -0.25) is 4.90 Å². The maximum atomic E-state index is 3.49. The summed E-state index contributed by atoms with van der Waals surface area (Å²) in [5, 5.41) is 3.49. The standard InChI is InChI=1S/C17H30N2S/c1-5-17(4)8-10-19(11-9-17)13-16-7-6-15(20-16)12-18-14(2)3/h6-7,14,18H,5,8-13H2,1-4H3. The van der Waals surface area contributed by atoms with E-state index in [4.69, 9.17) is 0 Å². The SMILES string of the molecule is CCC1(C)CCN(Cc2ccc(CNC(C)C)s2)CC1. The zero-order valence-corrected chi connectivity index (χ0v) is 14.4. The summed E-state index contributed by atoms with van der Waals surface area (Å²) in [5.74, 6) is 0. The Morgan fingerprint density at radius 1 is 1.25 bits per heavy atom. The number of piperidine rings is 1. The molecular formula is C17H30N2S. The van der Waals surface area contributed by atoms with Crippen molar-refractivity contribution in [3.8, 4) is 0 Å². The number of hydrogen-bond acceptors (Lipinski definition) is 3. The van der Waals surface area contributed by atoms with Crippen LogP contribution >= 0.6 is 11.3 Å². The van der Waals surface area contributed by atoms with Gasteiger partial charge in [0.2, 0.25) is 0 Å². The highest BCUT2D eigenvalue weighted by molar-refractivity contribution is 7.11. The second kappa shape index (κ2) is 7.06. The van der Waals surface area contributed by atoms with E-state index in [1.54, 1.807) is 0 Å². The lowest BCUT2D eigenvalue weighted by molar-refractivity contribution is 0.110. The van der Waals surface area contributed by atoms with Crippen LogP contribution in [0.1, 0.15) is 56.7 Å². The summed E-state index contributed by atoms with van der Waals surface area (Å²) in [6, 6.07) is 5.17. The topological polar surface area (TPSA) is 15.3 Å². The summed E-state index contributed by atoms with van der Waals surface area (Å²) in [7, 11) is 0. The largest absolute Gasteiger partial charge is 0.310 e. The van der Waals surface area contributed by atoms with Crippen LogP contribution in [0.15, 0.2) is 12.1 Å². The summed E-state index contributed by atoms with van der Waals surface area (Å²) in [6.45, 7) is 13.9. The van der Waals surface area contributed by atoms with Gasteiger partial charge in [0.15, 0.2) is 0 Å². The molecule has 0 unspecified atom stereocenters. The van der Waals surface area contributed by atoms with E-state index in [1.807, 2.05) is 11.3 Å². The van der Waals surface area contributed by atoms with Gasteiger partial charge in [-0.15, -0.1) is 11.3 Å². The van der Waals surface area contributed by atoms with E-state index in [1.165, 1.54) is 42.1 Å². The Kier molecular flexibility index (Phi) is 5.65. The molecule has 20 heavy (non-hydrogen) atoms. The molecule has 0 radical (unpaired) electrons. The van der Waals surface area contributed by atoms with Crippen molar-refractivity contribution < 1.29 is 0 Å². The van der Waals surface area contributed by atoms with E-state index in [0.717, 1.165) is 13.1 Å². The highest BCUT2D eigenvalue weighted by Gasteiger charge is 2.28. The Hall–Kier alpha value is -0.380. The van der Waals surface area contributed by atoms with Crippen molar-refractivity contribution in [3.05, 3.63) is 21.9 Å². The van der Waals surface area contributed by atoms with Gasteiger partial charge in [0.05, 0.1) is 0 Å². The second-order valence-electron chi connectivity index (χ2n) is 6.84. The lowest BCUT2D eigenvalue weighted by atomic mass is 9.78. The highest BCUT2D eigenvalue weighted by Crippen LogP contribution is 2.34. The summed E-state index contributed by atoms with van der Waals surface area (Å²) in [5.41, 5.74) is 0.596. The fourth-order valence-corrected chi connectivity index (χ4v) is 3.74. The summed E-state index contributed by atoms with van der Waals surface area (Å²) < 4.78 is 0. The minimum atomic E-state index is 0.564. The predicted octanol–water partition coefficient (Wildman–Crippen LogP) is 4.26. The number of nitrogens with one attached hydrogen (secondary N) is 1. The molecule has 1 saturated heterocycles. The maximum absolute atomic E-state index is 3.49. The van der Waals surface area contributed by atoms with Crippen LogP contribution in [0.25, 0.3) is 0 Å². The molecule has 0 amide bonds. The molecule has 1 fully saturated rings. The molecule has 3 heteroatoms. The molecule has 114 valence electrons. The molecule has 0 saturated carbocycles. The van der Waals surface area contributed by atoms with Crippen molar-refractivity contribution >= 4 is 11.3 Å². The van der Waals surface area contributed by atoms with Crippen molar-refractivity contribution in [2.75, 3.05) is 13.1 Å². The first kappa shape index (κ1) is 16.0. The van der Waals surface area contributed by atoms with Crippen LogP contribution in [0.2, 0.25) is 0 Å². The fraction of sp³-hybridized carbons (Fsp3) is 0.765. The number of nitrogens with zero attached hydrogens (tertiary/aromatic N) is 1. The van der Waals surface area contributed by atoms with Crippen LogP contribution in [-0.4, -0.2) is 24.0 Å².